The minimum atomic E-state index is -2.25. The Labute approximate surface area is 450 Å². The van der Waals surface area contributed by atoms with Crippen molar-refractivity contribution in [3.63, 3.8) is 0 Å². The predicted octanol–water partition coefficient (Wildman–Crippen LogP) is 10.7. The first-order chi connectivity index (χ1) is 37.2. The highest BCUT2D eigenvalue weighted by Crippen LogP contribution is 2.51. The Bertz CT molecular complexity index is 3390. The lowest BCUT2D eigenvalue weighted by molar-refractivity contribution is -0.0948. The molecule has 1 fully saturated rings. The molecule has 5 atom stereocenters. The van der Waals surface area contributed by atoms with Crippen molar-refractivity contribution in [2.75, 3.05) is 34.0 Å². The fraction of sp³-hybridized carbons (Fsp3) is 0.333. The Hall–Kier alpha value is -6.93. The van der Waals surface area contributed by atoms with E-state index in [4.69, 9.17) is 32.7 Å². The number of carbonyl (C=O) groups excluding carboxylic acids is 1. The molecule has 1 amide bonds. The standard InChI is InChI=1S/C60H66N5O10PSi/c1-39(2)65(40(3)4)76(72-36-13-33-61)75-55-50(38-71-60(44-16-10-9-11-17-44,45-22-26-47(69-5)27-23-45)46-24-28-48(70-6)29-25-46)73-57(64-35-32-52(66)63-58(64)67)56(55)74-59(68)62-34-37-77(7,8)51-31-21-43-19-18-41-14-12-15-42-20-30-49(51)54(43)53(41)42/h9-12,14-32,35,39-40,50,55-57H,13,34,36-38H2,1-8H3,(H,62,68)(H,63,66,67)/t50-,55-,56-,57-,76?/m1/s1. The number of H-pyrrole nitrogens is 1. The van der Waals surface area contributed by atoms with E-state index in [1.165, 1.54) is 54.3 Å². The maximum absolute atomic E-state index is 14.6. The molecule has 1 aliphatic rings. The molecule has 0 aliphatic carbocycles. The van der Waals surface area contributed by atoms with Gasteiger partial charge in [-0.15, -0.1) is 0 Å². The summed E-state index contributed by atoms with van der Waals surface area (Å²) in [5, 5.41) is 21.3. The molecule has 0 bridgehead atoms. The van der Waals surface area contributed by atoms with E-state index in [1.54, 1.807) is 14.2 Å². The summed E-state index contributed by atoms with van der Waals surface area (Å²) < 4.78 is 48.9. The Kier molecular flexibility index (Phi) is 16.9. The largest absolute Gasteiger partial charge is 0.497 e. The summed E-state index contributed by atoms with van der Waals surface area (Å²) in [5.74, 6) is 1.29. The van der Waals surface area contributed by atoms with Gasteiger partial charge in [0.1, 0.15) is 29.3 Å². The quantitative estimate of drug-likeness (QED) is 0.0216. The highest BCUT2D eigenvalue weighted by Gasteiger charge is 2.53. The van der Waals surface area contributed by atoms with Crippen LogP contribution < -0.4 is 31.2 Å². The van der Waals surface area contributed by atoms with Gasteiger partial charge in [0.25, 0.3) is 14.1 Å². The number of benzene rings is 7. The third kappa shape index (κ3) is 11.4. The fourth-order valence-electron chi connectivity index (χ4n) is 10.7. The van der Waals surface area contributed by atoms with Crippen molar-refractivity contribution in [2.45, 2.75) is 95.5 Å². The number of amides is 1. The van der Waals surface area contributed by atoms with Crippen LogP contribution >= 0.6 is 8.53 Å². The summed E-state index contributed by atoms with van der Waals surface area (Å²) >= 11 is 0. The van der Waals surface area contributed by atoms with Gasteiger partial charge < -0.3 is 38.0 Å². The molecular formula is C60H66N5O10PSi. The van der Waals surface area contributed by atoms with Gasteiger partial charge in [0.15, 0.2) is 12.3 Å². The van der Waals surface area contributed by atoms with Crippen LogP contribution in [-0.4, -0.2) is 92.8 Å². The van der Waals surface area contributed by atoms with E-state index in [0.717, 1.165) is 16.7 Å². The van der Waals surface area contributed by atoms with Crippen molar-refractivity contribution in [1.29, 1.82) is 5.26 Å². The van der Waals surface area contributed by atoms with E-state index in [1.807, 2.05) is 107 Å². The molecule has 400 valence electrons. The van der Waals surface area contributed by atoms with Crippen LogP contribution in [0.25, 0.3) is 32.3 Å². The van der Waals surface area contributed by atoms with Crippen molar-refractivity contribution < 1.29 is 37.5 Å². The first kappa shape index (κ1) is 54.8. The highest BCUT2D eigenvalue weighted by atomic mass is 31.2. The van der Waals surface area contributed by atoms with Crippen LogP contribution in [0.15, 0.2) is 155 Å². The SMILES string of the molecule is COc1ccc(C(OC[C@H]2O[C@@H](n3ccc(=O)[nH]c3=O)[C@H](OC(=O)NCC[Si](C)(C)c3ccc4ccc5cccc6ccc3c4c56)[C@@H]2OP(OCCC#N)N(C(C)C)C(C)C)(c2ccccc2)c2ccc(OC)cc2)cc1. The van der Waals surface area contributed by atoms with Gasteiger partial charge in [0.2, 0.25) is 0 Å². The Balaban J connectivity index is 1.09. The second-order valence-electron chi connectivity index (χ2n) is 20.4. The number of nitriles is 1. The molecule has 1 saturated heterocycles. The highest BCUT2D eigenvalue weighted by molar-refractivity contribution is 7.44. The van der Waals surface area contributed by atoms with Crippen molar-refractivity contribution >= 4 is 60.2 Å². The smallest absolute Gasteiger partial charge is 0.407 e. The van der Waals surface area contributed by atoms with Gasteiger partial charge in [-0.1, -0.05) is 127 Å². The molecule has 2 heterocycles. The zero-order valence-corrected chi connectivity index (χ0v) is 46.6. The number of nitrogens with one attached hydrogen (secondary N) is 2. The summed E-state index contributed by atoms with van der Waals surface area (Å²) in [4.78, 5) is 43.4. The number of aromatic amines is 1. The lowest BCUT2D eigenvalue weighted by Crippen LogP contribution is -2.47. The monoisotopic (exact) mass is 1080 g/mol. The van der Waals surface area contributed by atoms with E-state index in [-0.39, 0.29) is 38.3 Å². The van der Waals surface area contributed by atoms with Crippen LogP contribution in [0, 0.1) is 11.3 Å². The summed E-state index contributed by atoms with van der Waals surface area (Å²) in [6.45, 7) is 12.8. The second kappa shape index (κ2) is 23.8. The maximum atomic E-state index is 14.6. The molecule has 2 N–H and O–H groups in total. The van der Waals surface area contributed by atoms with Gasteiger partial charge in [-0.25, -0.2) is 14.3 Å². The third-order valence-electron chi connectivity index (χ3n) is 14.4. The molecule has 15 nitrogen and oxygen atoms in total. The van der Waals surface area contributed by atoms with Gasteiger partial charge >= 0.3 is 11.8 Å². The first-order valence-corrected chi connectivity index (χ1v) is 30.3. The summed E-state index contributed by atoms with van der Waals surface area (Å²) in [6.07, 6.45) is -4.24. The minimum absolute atomic E-state index is 0.0551. The molecule has 77 heavy (non-hydrogen) atoms. The van der Waals surface area contributed by atoms with E-state index in [9.17, 15) is 19.6 Å². The average Bonchev–Trinajstić information content (AvgIpc) is 3.81. The number of nitrogens with zero attached hydrogens (tertiary/aromatic N) is 3. The van der Waals surface area contributed by atoms with Crippen LogP contribution in [0.1, 0.15) is 57.0 Å². The topological polar surface area (TPSA) is 176 Å². The van der Waals surface area contributed by atoms with E-state index in [2.05, 4.69) is 88.7 Å². The van der Waals surface area contributed by atoms with Gasteiger partial charge in [0.05, 0.1) is 48.0 Å². The number of rotatable bonds is 22. The van der Waals surface area contributed by atoms with E-state index >= 15 is 0 Å². The number of carbonyl (C=O) groups is 1. The Morgan fingerprint density at radius 3 is 1.97 bits per heavy atom. The molecule has 0 spiro atoms. The van der Waals surface area contributed by atoms with E-state index < -0.39 is 64.1 Å². The van der Waals surface area contributed by atoms with Gasteiger partial charge in [-0.2, -0.15) is 5.26 Å². The predicted molar refractivity (Wildman–Crippen MR) is 304 cm³/mol. The number of ether oxygens (including phenoxy) is 5. The van der Waals surface area contributed by atoms with E-state index in [0.29, 0.717) is 17.5 Å². The van der Waals surface area contributed by atoms with Crippen LogP contribution in [0.2, 0.25) is 19.1 Å². The van der Waals surface area contributed by atoms with Gasteiger partial charge in [-0.3, -0.25) is 14.3 Å². The Morgan fingerprint density at radius 2 is 1.38 bits per heavy atom. The molecule has 8 aromatic rings. The molecule has 0 radical (unpaired) electrons. The average molecular weight is 1080 g/mol. The van der Waals surface area contributed by atoms with Crippen LogP contribution in [-0.2, 0) is 28.9 Å². The van der Waals surface area contributed by atoms with Crippen molar-refractivity contribution in [2.24, 2.45) is 0 Å². The van der Waals surface area contributed by atoms with Crippen molar-refractivity contribution in [1.82, 2.24) is 19.5 Å². The molecule has 17 heteroatoms. The second-order valence-corrected chi connectivity index (χ2v) is 26.6. The molecule has 1 unspecified atom stereocenters. The Morgan fingerprint density at radius 1 is 0.779 bits per heavy atom. The van der Waals surface area contributed by atoms with Crippen molar-refractivity contribution in [3.8, 4) is 17.6 Å². The molecular weight excluding hydrogens is 1010 g/mol. The van der Waals surface area contributed by atoms with Crippen molar-refractivity contribution in [3.05, 3.63) is 183 Å². The fourth-order valence-corrected chi connectivity index (χ4v) is 15.0. The lowest BCUT2D eigenvalue weighted by Gasteiger charge is -2.39. The number of hydrogen-bond donors (Lipinski definition) is 2. The summed E-state index contributed by atoms with van der Waals surface area (Å²) in [6, 6.07) is 48.5. The number of hydrogen-bond acceptors (Lipinski definition) is 12. The van der Waals surface area contributed by atoms with Crippen LogP contribution in [0.4, 0.5) is 4.79 Å². The maximum Gasteiger partial charge on any atom is 0.407 e. The molecule has 1 aliphatic heterocycles. The lowest BCUT2D eigenvalue weighted by atomic mass is 9.80. The third-order valence-corrected chi connectivity index (χ3v) is 20.0. The number of methoxy groups -OCH3 is 2. The molecule has 9 rings (SSSR count). The first-order valence-electron chi connectivity index (χ1n) is 26.0. The summed E-state index contributed by atoms with van der Waals surface area (Å²) in [7, 11) is -1.04. The zero-order valence-electron chi connectivity index (χ0n) is 44.7. The molecule has 0 saturated carbocycles. The normalized spacial score (nSPS) is 17.4. The molecule has 7 aromatic carbocycles. The van der Waals surface area contributed by atoms with Crippen LogP contribution in [0.5, 0.6) is 11.5 Å². The number of alkyl carbamates (subject to hydrolysis) is 1. The van der Waals surface area contributed by atoms with Crippen LogP contribution in [0.3, 0.4) is 0 Å². The summed E-state index contributed by atoms with van der Waals surface area (Å²) in [5.41, 5.74) is -0.414. The van der Waals surface area contributed by atoms with Gasteiger partial charge in [-0.05, 0) is 107 Å². The minimum Gasteiger partial charge on any atom is -0.497 e. The van der Waals surface area contributed by atoms with Gasteiger partial charge in [0, 0.05) is 30.9 Å². The molecule has 1 aromatic heterocycles. The number of aromatic nitrogens is 2. The zero-order chi connectivity index (χ0) is 54.4.